The molecule has 1 aromatic carbocycles. The second-order valence-corrected chi connectivity index (χ2v) is 4.93. The van der Waals surface area contributed by atoms with E-state index in [1.807, 2.05) is 12.1 Å². The Morgan fingerprint density at radius 1 is 1.15 bits per heavy atom. The van der Waals surface area contributed by atoms with Gasteiger partial charge < -0.3 is 9.73 Å². The molecule has 4 heteroatoms. The smallest absolute Gasteiger partial charge is 0.292 e. The molecule has 1 aliphatic carbocycles. The van der Waals surface area contributed by atoms with Crippen LogP contribution in [0, 0.1) is 0 Å². The van der Waals surface area contributed by atoms with Gasteiger partial charge in [-0.2, -0.15) is 0 Å². The standard InChI is InChI=1S/C16H15NO3/c18-15(16(19)17-10-14-5-2-8-20-14)13-7-6-11-3-1-4-12(11)9-13/h2,5-9H,1,3-4,10H2,(H,17,19). The summed E-state index contributed by atoms with van der Waals surface area (Å²) >= 11 is 0. The molecule has 102 valence electrons. The molecule has 0 atom stereocenters. The van der Waals surface area contributed by atoms with Gasteiger partial charge in [-0.1, -0.05) is 12.1 Å². The van der Waals surface area contributed by atoms with E-state index in [1.54, 1.807) is 18.2 Å². The predicted molar refractivity (Wildman–Crippen MR) is 73.4 cm³/mol. The lowest BCUT2D eigenvalue weighted by molar-refractivity contribution is -0.117. The van der Waals surface area contributed by atoms with Gasteiger partial charge in [0.1, 0.15) is 5.76 Å². The largest absolute Gasteiger partial charge is 0.467 e. The Morgan fingerprint density at radius 3 is 2.80 bits per heavy atom. The molecule has 0 aliphatic heterocycles. The maximum Gasteiger partial charge on any atom is 0.292 e. The van der Waals surface area contributed by atoms with Crippen molar-refractivity contribution in [3.63, 3.8) is 0 Å². The molecule has 1 aromatic heterocycles. The van der Waals surface area contributed by atoms with Gasteiger partial charge in [-0.05, 0) is 48.6 Å². The third-order valence-electron chi connectivity index (χ3n) is 3.57. The molecule has 0 unspecified atom stereocenters. The van der Waals surface area contributed by atoms with E-state index in [-0.39, 0.29) is 6.54 Å². The molecule has 3 rings (SSSR count). The Balaban J connectivity index is 1.67. The fourth-order valence-corrected chi connectivity index (χ4v) is 2.50. The van der Waals surface area contributed by atoms with Crippen LogP contribution in [0.2, 0.25) is 0 Å². The van der Waals surface area contributed by atoms with Crippen LogP contribution in [0.3, 0.4) is 0 Å². The van der Waals surface area contributed by atoms with Gasteiger partial charge in [-0.3, -0.25) is 9.59 Å². The van der Waals surface area contributed by atoms with Crippen molar-refractivity contribution in [1.29, 1.82) is 0 Å². The zero-order valence-corrected chi connectivity index (χ0v) is 11.0. The minimum atomic E-state index is -0.598. The number of rotatable bonds is 4. The summed E-state index contributed by atoms with van der Waals surface area (Å²) < 4.78 is 5.10. The van der Waals surface area contributed by atoms with E-state index in [4.69, 9.17) is 4.42 Å². The van der Waals surface area contributed by atoms with Gasteiger partial charge in [-0.25, -0.2) is 0 Å². The van der Waals surface area contributed by atoms with Crippen molar-refractivity contribution < 1.29 is 14.0 Å². The first kappa shape index (κ1) is 12.7. The van der Waals surface area contributed by atoms with E-state index < -0.39 is 11.7 Å². The number of nitrogens with one attached hydrogen (secondary N) is 1. The maximum atomic E-state index is 12.1. The van der Waals surface area contributed by atoms with Crippen molar-refractivity contribution in [3.05, 3.63) is 59.0 Å². The summed E-state index contributed by atoms with van der Waals surface area (Å²) in [7, 11) is 0. The molecule has 0 radical (unpaired) electrons. The van der Waals surface area contributed by atoms with Crippen LogP contribution < -0.4 is 5.32 Å². The number of furan rings is 1. The Hall–Kier alpha value is -2.36. The SMILES string of the molecule is O=C(NCc1ccco1)C(=O)c1ccc2c(c1)CCC2. The lowest BCUT2D eigenvalue weighted by Crippen LogP contribution is -2.30. The van der Waals surface area contributed by atoms with Crippen molar-refractivity contribution in [2.75, 3.05) is 0 Å². The Labute approximate surface area is 116 Å². The molecule has 0 fully saturated rings. The number of hydrogen-bond donors (Lipinski definition) is 1. The van der Waals surface area contributed by atoms with Crippen LogP contribution in [0.4, 0.5) is 0 Å². The third kappa shape index (κ3) is 2.50. The van der Waals surface area contributed by atoms with Gasteiger partial charge in [0.25, 0.3) is 5.91 Å². The first-order chi connectivity index (χ1) is 9.74. The fourth-order valence-electron chi connectivity index (χ4n) is 2.50. The molecule has 0 saturated heterocycles. The lowest BCUT2D eigenvalue weighted by atomic mass is 10.0. The van der Waals surface area contributed by atoms with Crippen LogP contribution in [0.25, 0.3) is 0 Å². The predicted octanol–water partition coefficient (Wildman–Crippen LogP) is 2.27. The first-order valence-electron chi connectivity index (χ1n) is 6.71. The highest BCUT2D eigenvalue weighted by Crippen LogP contribution is 2.23. The van der Waals surface area contributed by atoms with Crippen LogP contribution in [0.15, 0.2) is 41.0 Å². The van der Waals surface area contributed by atoms with Crippen molar-refractivity contribution in [3.8, 4) is 0 Å². The Kier molecular flexibility index (Phi) is 3.37. The number of Topliss-reactive ketones (excluding diaryl/α,β-unsaturated/α-hetero) is 1. The van der Waals surface area contributed by atoms with Crippen molar-refractivity contribution >= 4 is 11.7 Å². The highest BCUT2D eigenvalue weighted by atomic mass is 16.3. The topological polar surface area (TPSA) is 59.3 Å². The summed E-state index contributed by atoms with van der Waals surface area (Å²) in [5.41, 5.74) is 2.94. The van der Waals surface area contributed by atoms with Crippen molar-refractivity contribution in [2.24, 2.45) is 0 Å². The molecule has 1 N–H and O–H groups in total. The van der Waals surface area contributed by atoms with E-state index in [9.17, 15) is 9.59 Å². The second kappa shape index (κ2) is 5.33. The van der Waals surface area contributed by atoms with Crippen molar-refractivity contribution in [1.82, 2.24) is 5.32 Å². The molecule has 2 aromatic rings. The molecular formula is C16H15NO3. The Bertz CT molecular complexity index is 644. The van der Waals surface area contributed by atoms with E-state index in [2.05, 4.69) is 5.32 Å². The molecule has 4 nitrogen and oxygen atoms in total. The van der Waals surface area contributed by atoms with E-state index in [1.165, 1.54) is 17.4 Å². The summed E-state index contributed by atoms with van der Waals surface area (Å²) in [4.78, 5) is 23.9. The van der Waals surface area contributed by atoms with Crippen LogP contribution >= 0.6 is 0 Å². The quantitative estimate of drug-likeness (QED) is 0.684. The van der Waals surface area contributed by atoms with Crippen LogP contribution in [-0.4, -0.2) is 11.7 Å². The number of carbonyl (C=O) groups is 2. The van der Waals surface area contributed by atoms with E-state index in [0.717, 1.165) is 19.3 Å². The van der Waals surface area contributed by atoms with E-state index in [0.29, 0.717) is 11.3 Å². The monoisotopic (exact) mass is 269 g/mol. The van der Waals surface area contributed by atoms with Gasteiger partial charge in [0, 0.05) is 5.56 Å². The molecule has 1 amide bonds. The van der Waals surface area contributed by atoms with Gasteiger partial charge in [0.2, 0.25) is 5.78 Å². The first-order valence-corrected chi connectivity index (χ1v) is 6.71. The van der Waals surface area contributed by atoms with Crippen LogP contribution in [0.1, 0.15) is 33.7 Å². The maximum absolute atomic E-state index is 12.1. The van der Waals surface area contributed by atoms with Crippen molar-refractivity contribution in [2.45, 2.75) is 25.8 Å². The Morgan fingerprint density at radius 2 is 2.00 bits per heavy atom. The zero-order chi connectivity index (χ0) is 13.9. The summed E-state index contributed by atoms with van der Waals surface area (Å²) in [5.74, 6) is -0.467. The number of fused-ring (bicyclic) bond motifs is 1. The molecule has 0 bridgehead atoms. The number of benzene rings is 1. The zero-order valence-electron chi connectivity index (χ0n) is 11.0. The molecule has 1 aliphatic rings. The number of amides is 1. The molecule has 20 heavy (non-hydrogen) atoms. The van der Waals surface area contributed by atoms with E-state index >= 15 is 0 Å². The summed E-state index contributed by atoms with van der Waals surface area (Å²) in [6.45, 7) is 0.225. The van der Waals surface area contributed by atoms with Crippen LogP contribution in [0.5, 0.6) is 0 Å². The number of hydrogen-bond acceptors (Lipinski definition) is 3. The number of carbonyl (C=O) groups excluding carboxylic acids is 2. The third-order valence-corrected chi connectivity index (χ3v) is 3.57. The molecule has 0 saturated carbocycles. The minimum absolute atomic E-state index is 0.225. The van der Waals surface area contributed by atoms with Gasteiger partial charge in [-0.15, -0.1) is 0 Å². The summed E-state index contributed by atoms with van der Waals surface area (Å²) in [6, 6.07) is 9.02. The lowest BCUT2D eigenvalue weighted by Gasteiger charge is -2.05. The van der Waals surface area contributed by atoms with Crippen LogP contribution in [-0.2, 0) is 24.2 Å². The highest BCUT2D eigenvalue weighted by molar-refractivity contribution is 6.42. The number of ketones is 1. The number of aryl methyl sites for hydroxylation is 2. The van der Waals surface area contributed by atoms with Gasteiger partial charge >= 0.3 is 0 Å². The summed E-state index contributed by atoms with van der Waals surface area (Å²) in [5, 5.41) is 2.57. The van der Waals surface area contributed by atoms with Gasteiger partial charge in [0.15, 0.2) is 0 Å². The second-order valence-electron chi connectivity index (χ2n) is 4.93. The normalized spacial score (nSPS) is 13.0. The minimum Gasteiger partial charge on any atom is -0.467 e. The van der Waals surface area contributed by atoms with Gasteiger partial charge in [0.05, 0.1) is 12.8 Å². The summed E-state index contributed by atoms with van der Waals surface area (Å²) in [6.07, 6.45) is 4.71. The average Bonchev–Trinajstić information content (AvgIpc) is 3.13. The highest BCUT2D eigenvalue weighted by Gasteiger charge is 2.19. The molecule has 0 spiro atoms. The average molecular weight is 269 g/mol. The molecule has 1 heterocycles. The fraction of sp³-hybridized carbons (Fsp3) is 0.250. The molecular weight excluding hydrogens is 254 g/mol.